The van der Waals surface area contributed by atoms with Gasteiger partial charge in [0, 0.05) is 6.42 Å². The first-order valence-electron chi connectivity index (χ1n) is 5.97. The number of hydrogen-bond acceptors (Lipinski definition) is 1. The van der Waals surface area contributed by atoms with Crippen LogP contribution in [0.15, 0.2) is 59.7 Å². The Labute approximate surface area is 103 Å². The first-order valence-corrected chi connectivity index (χ1v) is 5.97. The van der Waals surface area contributed by atoms with Crippen LogP contribution in [0.2, 0.25) is 0 Å². The third-order valence-corrected chi connectivity index (χ3v) is 3.27. The van der Waals surface area contributed by atoms with Gasteiger partial charge in [-0.25, -0.2) is 0 Å². The summed E-state index contributed by atoms with van der Waals surface area (Å²) in [5, 5.41) is 9.91. The fraction of sp³-hybridized carbons (Fsp3) is 0.250. The predicted molar refractivity (Wildman–Crippen MR) is 72.6 cm³/mol. The van der Waals surface area contributed by atoms with Crippen LogP contribution in [0, 0.1) is 0 Å². The summed E-state index contributed by atoms with van der Waals surface area (Å²) in [6, 6.07) is 10.2. The van der Waals surface area contributed by atoms with Gasteiger partial charge in [-0.1, -0.05) is 42.5 Å². The van der Waals surface area contributed by atoms with Crippen LogP contribution in [0.5, 0.6) is 0 Å². The van der Waals surface area contributed by atoms with E-state index in [-0.39, 0.29) is 6.10 Å². The zero-order valence-corrected chi connectivity index (χ0v) is 10.2. The highest BCUT2D eigenvalue weighted by Gasteiger charge is 2.23. The predicted octanol–water partition coefficient (Wildman–Crippen LogP) is 3.73. The van der Waals surface area contributed by atoms with Gasteiger partial charge in [0.15, 0.2) is 0 Å². The van der Waals surface area contributed by atoms with Crippen LogP contribution in [-0.4, -0.2) is 11.2 Å². The van der Waals surface area contributed by atoms with Gasteiger partial charge in [0.05, 0.1) is 6.10 Å². The van der Waals surface area contributed by atoms with Gasteiger partial charge >= 0.3 is 0 Å². The van der Waals surface area contributed by atoms with E-state index < -0.39 is 0 Å². The molecule has 1 N–H and O–H groups in total. The van der Waals surface area contributed by atoms with E-state index in [9.17, 15) is 5.11 Å². The van der Waals surface area contributed by atoms with E-state index in [1.54, 1.807) is 0 Å². The molecule has 1 aliphatic carbocycles. The number of aliphatic hydroxyl groups is 1. The molecular weight excluding hydrogens is 208 g/mol. The number of aliphatic hydroxyl groups excluding tert-OH is 1. The van der Waals surface area contributed by atoms with Crippen molar-refractivity contribution in [3.05, 3.63) is 65.3 Å². The summed E-state index contributed by atoms with van der Waals surface area (Å²) in [6.07, 6.45) is 5.31. The SMILES string of the molecule is C=CCC1=C(C)[C@@H](O)C/C1=C\c1ccccc1. The molecule has 1 aromatic rings. The standard InChI is InChI=1S/C16H18O/c1-3-7-15-12(2)16(17)11-14(15)10-13-8-5-4-6-9-13/h3-6,8-10,16-17H,1,7,11H2,2H3/b14-10+/t16-/m0/s1. The van der Waals surface area contributed by atoms with Gasteiger partial charge in [-0.3, -0.25) is 0 Å². The zero-order valence-electron chi connectivity index (χ0n) is 10.2. The summed E-state index contributed by atoms with van der Waals surface area (Å²) in [7, 11) is 0. The second-order valence-electron chi connectivity index (χ2n) is 4.45. The summed E-state index contributed by atoms with van der Waals surface area (Å²) < 4.78 is 0. The molecule has 0 saturated carbocycles. The maximum Gasteiger partial charge on any atom is 0.0793 e. The van der Waals surface area contributed by atoms with Gasteiger partial charge < -0.3 is 5.11 Å². The molecule has 1 atom stereocenters. The second-order valence-corrected chi connectivity index (χ2v) is 4.45. The van der Waals surface area contributed by atoms with Crippen molar-refractivity contribution in [2.75, 3.05) is 0 Å². The molecule has 1 aliphatic rings. The average Bonchev–Trinajstić information content (AvgIpc) is 2.59. The number of benzene rings is 1. The fourth-order valence-electron chi connectivity index (χ4n) is 2.27. The maximum atomic E-state index is 9.91. The summed E-state index contributed by atoms with van der Waals surface area (Å²) >= 11 is 0. The van der Waals surface area contributed by atoms with E-state index in [0.717, 1.165) is 18.4 Å². The number of hydrogen-bond donors (Lipinski definition) is 1. The quantitative estimate of drug-likeness (QED) is 0.779. The average molecular weight is 226 g/mol. The first kappa shape index (κ1) is 11.9. The zero-order chi connectivity index (χ0) is 12.3. The smallest absolute Gasteiger partial charge is 0.0793 e. The summed E-state index contributed by atoms with van der Waals surface area (Å²) in [5.41, 5.74) is 4.76. The normalized spacial score (nSPS) is 22.2. The van der Waals surface area contributed by atoms with Crippen molar-refractivity contribution in [3.8, 4) is 0 Å². The van der Waals surface area contributed by atoms with Crippen molar-refractivity contribution in [2.45, 2.75) is 25.9 Å². The van der Waals surface area contributed by atoms with Crippen molar-refractivity contribution in [1.29, 1.82) is 0 Å². The Morgan fingerprint density at radius 1 is 1.35 bits per heavy atom. The number of allylic oxidation sites excluding steroid dienone is 2. The van der Waals surface area contributed by atoms with E-state index in [1.807, 2.05) is 31.2 Å². The Morgan fingerprint density at radius 2 is 2.06 bits per heavy atom. The number of rotatable bonds is 3. The second kappa shape index (κ2) is 5.15. The van der Waals surface area contributed by atoms with Crippen molar-refractivity contribution in [1.82, 2.24) is 0 Å². The minimum absolute atomic E-state index is 0.320. The van der Waals surface area contributed by atoms with Crippen molar-refractivity contribution < 1.29 is 5.11 Å². The molecular formula is C16H18O. The lowest BCUT2D eigenvalue weighted by molar-refractivity contribution is 0.219. The van der Waals surface area contributed by atoms with E-state index in [4.69, 9.17) is 0 Å². The molecule has 0 fully saturated rings. The molecule has 0 saturated heterocycles. The molecule has 0 aliphatic heterocycles. The van der Waals surface area contributed by atoms with Gasteiger partial charge in [-0.05, 0) is 35.6 Å². The minimum Gasteiger partial charge on any atom is -0.388 e. The van der Waals surface area contributed by atoms with Gasteiger partial charge in [-0.2, -0.15) is 0 Å². The molecule has 0 aromatic heterocycles. The summed E-state index contributed by atoms with van der Waals surface area (Å²) in [4.78, 5) is 0. The highest BCUT2D eigenvalue weighted by atomic mass is 16.3. The van der Waals surface area contributed by atoms with Crippen LogP contribution < -0.4 is 0 Å². The topological polar surface area (TPSA) is 20.2 Å². The van der Waals surface area contributed by atoms with Crippen molar-refractivity contribution in [2.24, 2.45) is 0 Å². The van der Waals surface area contributed by atoms with Gasteiger partial charge in [-0.15, -0.1) is 6.58 Å². The molecule has 0 radical (unpaired) electrons. The van der Waals surface area contributed by atoms with E-state index in [2.05, 4.69) is 24.8 Å². The van der Waals surface area contributed by atoms with Crippen molar-refractivity contribution in [3.63, 3.8) is 0 Å². The Bertz CT molecular complexity index is 466. The Kier molecular flexibility index (Phi) is 3.60. The van der Waals surface area contributed by atoms with E-state index >= 15 is 0 Å². The first-order chi connectivity index (χ1) is 8.22. The van der Waals surface area contributed by atoms with Crippen LogP contribution in [0.3, 0.4) is 0 Å². The van der Waals surface area contributed by atoms with Gasteiger partial charge in [0.25, 0.3) is 0 Å². The van der Waals surface area contributed by atoms with Crippen molar-refractivity contribution >= 4 is 6.08 Å². The molecule has 0 heterocycles. The highest BCUT2D eigenvalue weighted by Crippen LogP contribution is 2.35. The van der Waals surface area contributed by atoms with Crippen LogP contribution in [0.4, 0.5) is 0 Å². The third kappa shape index (κ3) is 2.56. The van der Waals surface area contributed by atoms with Crippen LogP contribution in [0.1, 0.15) is 25.3 Å². The molecule has 2 rings (SSSR count). The molecule has 1 nitrogen and oxygen atoms in total. The Balaban J connectivity index is 2.34. The Morgan fingerprint density at radius 3 is 2.71 bits per heavy atom. The molecule has 1 heteroatoms. The molecule has 88 valence electrons. The molecule has 0 spiro atoms. The lowest BCUT2D eigenvalue weighted by Crippen LogP contribution is -2.01. The molecule has 0 bridgehead atoms. The molecule has 0 unspecified atom stereocenters. The molecule has 17 heavy (non-hydrogen) atoms. The molecule has 0 amide bonds. The minimum atomic E-state index is -0.320. The van der Waals surface area contributed by atoms with E-state index in [0.29, 0.717) is 0 Å². The lowest BCUT2D eigenvalue weighted by Gasteiger charge is -2.03. The largest absolute Gasteiger partial charge is 0.388 e. The van der Waals surface area contributed by atoms with Crippen LogP contribution in [-0.2, 0) is 0 Å². The monoisotopic (exact) mass is 226 g/mol. The van der Waals surface area contributed by atoms with Crippen LogP contribution in [0.25, 0.3) is 6.08 Å². The highest BCUT2D eigenvalue weighted by molar-refractivity contribution is 5.62. The fourth-order valence-corrected chi connectivity index (χ4v) is 2.27. The maximum absolute atomic E-state index is 9.91. The Hall–Kier alpha value is -1.60. The van der Waals surface area contributed by atoms with Crippen LogP contribution >= 0.6 is 0 Å². The lowest BCUT2D eigenvalue weighted by atomic mass is 10.0. The van der Waals surface area contributed by atoms with E-state index in [1.165, 1.54) is 16.7 Å². The van der Waals surface area contributed by atoms with Gasteiger partial charge in [0.1, 0.15) is 0 Å². The third-order valence-electron chi connectivity index (χ3n) is 3.27. The van der Waals surface area contributed by atoms with Gasteiger partial charge in [0.2, 0.25) is 0 Å². The molecule has 1 aromatic carbocycles. The summed E-state index contributed by atoms with van der Waals surface area (Å²) in [5.74, 6) is 0. The summed E-state index contributed by atoms with van der Waals surface area (Å²) in [6.45, 7) is 5.79.